The van der Waals surface area contributed by atoms with Gasteiger partial charge < -0.3 is 19.1 Å². The second-order valence-corrected chi connectivity index (χ2v) is 8.02. The van der Waals surface area contributed by atoms with E-state index >= 15 is 0 Å². The van der Waals surface area contributed by atoms with Gasteiger partial charge in [-0.2, -0.15) is 0 Å². The van der Waals surface area contributed by atoms with Crippen molar-refractivity contribution in [1.29, 1.82) is 0 Å². The fraction of sp³-hybridized carbons (Fsp3) is 0.208. The fourth-order valence-corrected chi connectivity index (χ4v) is 4.13. The van der Waals surface area contributed by atoms with E-state index in [2.05, 4.69) is 10.1 Å². The van der Waals surface area contributed by atoms with Crippen molar-refractivity contribution in [3.63, 3.8) is 0 Å². The molecule has 1 aliphatic heterocycles. The summed E-state index contributed by atoms with van der Waals surface area (Å²) in [5.41, 5.74) is 1.78. The highest BCUT2D eigenvalue weighted by molar-refractivity contribution is 5.94. The molecule has 0 bridgehead atoms. The summed E-state index contributed by atoms with van der Waals surface area (Å²) in [5.74, 6) is -0.947. The van der Waals surface area contributed by atoms with Crippen LogP contribution in [0.15, 0.2) is 51.8 Å². The number of carbonyl (C=O) groups is 1. The molecule has 9 heteroatoms. The first-order valence-corrected chi connectivity index (χ1v) is 10.3. The molecule has 0 saturated heterocycles. The Bertz CT molecular complexity index is 1440. The molecule has 7 nitrogen and oxygen atoms in total. The fourth-order valence-electron chi connectivity index (χ4n) is 4.13. The van der Waals surface area contributed by atoms with Gasteiger partial charge in [-0.25, -0.2) is 8.78 Å². The summed E-state index contributed by atoms with van der Waals surface area (Å²) in [6, 6.07) is 9.35. The van der Waals surface area contributed by atoms with E-state index in [1.807, 2.05) is 0 Å². The number of nitrogens with one attached hydrogen (secondary N) is 1. The van der Waals surface area contributed by atoms with Gasteiger partial charge >= 0.3 is 0 Å². The number of hydrogen-bond acceptors (Lipinski definition) is 5. The van der Waals surface area contributed by atoms with Gasteiger partial charge in [-0.3, -0.25) is 9.59 Å². The molecule has 5 rings (SSSR count). The van der Waals surface area contributed by atoms with E-state index in [1.165, 1.54) is 47.4 Å². The zero-order valence-electron chi connectivity index (χ0n) is 17.8. The van der Waals surface area contributed by atoms with Gasteiger partial charge in [0.15, 0.2) is 11.5 Å². The topological polar surface area (TPSA) is 88.4 Å². The van der Waals surface area contributed by atoms with E-state index in [4.69, 9.17) is 9.26 Å². The van der Waals surface area contributed by atoms with E-state index < -0.39 is 17.8 Å². The number of aromatic amines is 1. The average Bonchev–Trinajstić information content (AvgIpc) is 3.30. The van der Waals surface area contributed by atoms with Gasteiger partial charge in [-0.1, -0.05) is 5.16 Å². The number of halogens is 2. The highest BCUT2D eigenvalue weighted by Crippen LogP contribution is 2.34. The van der Waals surface area contributed by atoms with E-state index in [0.717, 1.165) is 0 Å². The van der Waals surface area contributed by atoms with E-state index in [0.29, 0.717) is 38.9 Å². The van der Waals surface area contributed by atoms with Crippen LogP contribution < -0.4 is 5.56 Å². The van der Waals surface area contributed by atoms with Gasteiger partial charge in [0, 0.05) is 35.3 Å². The molecule has 1 atom stereocenters. The lowest BCUT2D eigenvalue weighted by molar-refractivity contribution is 0.0330. The average molecular weight is 451 g/mol. The molecule has 0 aliphatic carbocycles. The lowest BCUT2D eigenvalue weighted by Crippen LogP contribution is -2.37. The first kappa shape index (κ1) is 21.0. The molecule has 33 heavy (non-hydrogen) atoms. The van der Waals surface area contributed by atoms with Crippen LogP contribution in [0, 0.1) is 18.6 Å². The van der Waals surface area contributed by atoms with Crippen LogP contribution in [0.4, 0.5) is 8.78 Å². The zero-order chi connectivity index (χ0) is 23.3. The van der Waals surface area contributed by atoms with Gasteiger partial charge in [0.25, 0.3) is 11.5 Å². The normalized spacial score (nSPS) is 15.5. The van der Waals surface area contributed by atoms with Crippen molar-refractivity contribution in [2.75, 3.05) is 13.7 Å². The monoisotopic (exact) mass is 451 g/mol. The largest absolute Gasteiger partial charge is 0.373 e. The van der Waals surface area contributed by atoms with Crippen LogP contribution in [0.5, 0.6) is 0 Å². The summed E-state index contributed by atoms with van der Waals surface area (Å²) >= 11 is 0. The van der Waals surface area contributed by atoms with E-state index in [-0.39, 0.29) is 30.3 Å². The Morgan fingerprint density at radius 3 is 2.67 bits per heavy atom. The quantitative estimate of drug-likeness (QED) is 0.506. The van der Waals surface area contributed by atoms with Crippen LogP contribution in [0.1, 0.15) is 33.4 Å². The first-order valence-electron chi connectivity index (χ1n) is 10.3. The van der Waals surface area contributed by atoms with Crippen LogP contribution in [-0.2, 0) is 11.3 Å². The number of amides is 1. The summed E-state index contributed by atoms with van der Waals surface area (Å²) in [7, 11) is 1.58. The van der Waals surface area contributed by atoms with Crippen molar-refractivity contribution in [3.8, 4) is 11.3 Å². The van der Waals surface area contributed by atoms with E-state index in [9.17, 15) is 18.4 Å². The molecule has 0 saturated carbocycles. The number of rotatable bonds is 3. The van der Waals surface area contributed by atoms with Gasteiger partial charge in [-0.05, 0) is 54.3 Å². The number of nitrogens with zero attached hydrogens (tertiary/aromatic N) is 2. The molecule has 0 spiro atoms. The molecule has 1 N–H and O–H groups in total. The number of H-pyrrole nitrogens is 1. The smallest absolute Gasteiger partial charge is 0.276 e. The number of ether oxygens (including phenoxy) is 1. The molecule has 168 valence electrons. The van der Waals surface area contributed by atoms with Crippen molar-refractivity contribution in [1.82, 2.24) is 15.0 Å². The first-order chi connectivity index (χ1) is 15.8. The summed E-state index contributed by atoms with van der Waals surface area (Å²) in [6.07, 6.45) is 0. The van der Waals surface area contributed by atoms with Crippen LogP contribution >= 0.6 is 0 Å². The predicted octanol–water partition coefficient (Wildman–Crippen LogP) is 4.11. The maximum absolute atomic E-state index is 14.4. The number of aryl methyl sites for hydroxylation is 1. The zero-order valence-corrected chi connectivity index (χ0v) is 17.8. The number of hydrogen-bond donors (Lipinski definition) is 1. The Labute approximate surface area is 186 Å². The van der Waals surface area contributed by atoms with Gasteiger partial charge in [0.2, 0.25) is 0 Å². The minimum absolute atomic E-state index is 0.0553. The minimum Gasteiger partial charge on any atom is -0.373 e. The van der Waals surface area contributed by atoms with Crippen molar-refractivity contribution in [2.24, 2.45) is 0 Å². The number of likely N-dealkylation sites (N-methyl/N-ethyl adjacent to an activating group) is 1. The Hall–Kier alpha value is -3.85. The maximum Gasteiger partial charge on any atom is 0.276 e. The summed E-state index contributed by atoms with van der Waals surface area (Å²) in [6.45, 7) is 1.90. The van der Waals surface area contributed by atoms with Crippen LogP contribution in [0.25, 0.3) is 22.1 Å². The van der Waals surface area contributed by atoms with Crippen molar-refractivity contribution in [2.45, 2.75) is 19.6 Å². The Balaban J connectivity index is 1.53. The molecule has 1 aliphatic rings. The SMILES string of the molecule is Cc1cc2c(=O)[nH]c3c(c2cc1F)C(N(C)C(=O)c1cc(-c2ccc(F)cc2)on1)COC3. The second kappa shape index (κ2) is 7.93. The van der Waals surface area contributed by atoms with E-state index in [1.54, 1.807) is 14.0 Å². The molecule has 3 heterocycles. The number of pyridine rings is 1. The minimum atomic E-state index is -0.589. The highest BCUT2D eigenvalue weighted by Gasteiger charge is 2.32. The van der Waals surface area contributed by atoms with Gasteiger partial charge in [-0.15, -0.1) is 0 Å². The molecule has 1 amide bonds. The molecular weight excluding hydrogens is 432 g/mol. The third-order valence-electron chi connectivity index (χ3n) is 5.92. The Morgan fingerprint density at radius 1 is 1.15 bits per heavy atom. The summed E-state index contributed by atoms with van der Waals surface area (Å²) in [4.78, 5) is 30.0. The number of carbonyl (C=O) groups excluding carboxylic acids is 1. The van der Waals surface area contributed by atoms with Crippen LogP contribution in [0.2, 0.25) is 0 Å². The molecule has 1 unspecified atom stereocenters. The third-order valence-corrected chi connectivity index (χ3v) is 5.92. The molecule has 2 aromatic carbocycles. The highest BCUT2D eigenvalue weighted by atomic mass is 19.1. The second-order valence-electron chi connectivity index (χ2n) is 8.02. The Morgan fingerprint density at radius 2 is 1.91 bits per heavy atom. The standard InChI is InChI=1S/C24H19F2N3O4/c1-12-7-16-15(8-17(12)26)22-19(27-23(16)30)10-32-11-20(22)29(2)24(31)18-9-21(33-28-18)13-3-5-14(25)6-4-13/h3-9,20H,10-11H2,1-2H3,(H,27,30). The lowest BCUT2D eigenvalue weighted by atomic mass is 9.94. The number of fused-ring (bicyclic) bond motifs is 3. The predicted molar refractivity (Wildman–Crippen MR) is 116 cm³/mol. The van der Waals surface area contributed by atoms with Crippen LogP contribution in [0.3, 0.4) is 0 Å². The molecular formula is C24H19F2N3O4. The molecule has 2 aromatic heterocycles. The molecule has 0 fully saturated rings. The number of benzene rings is 2. The Kier molecular flexibility index (Phi) is 5.05. The summed E-state index contributed by atoms with van der Waals surface area (Å²) < 4.78 is 38.5. The number of aromatic nitrogens is 2. The summed E-state index contributed by atoms with van der Waals surface area (Å²) in [5, 5.41) is 4.66. The third kappa shape index (κ3) is 3.60. The van der Waals surface area contributed by atoms with Crippen molar-refractivity contribution >= 4 is 16.7 Å². The van der Waals surface area contributed by atoms with Gasteiger partial charge in [0.05, 0.1) is 19.3 Å². The molecule has 0 radical (unpaired) electrons. The van der Waals surface area contributed by atoms with Crippen molar-refractivity contribution in [3.05, 3.63) is 87.0 Å². The lowest BCUT2D eigenvalue weighted by Gasteiger charge is -2.33. The van der Waals surface area contributed by atoms with Crippen LogP contribution in [-0.4, -0.2) is 34.6 Å². The van der Waals surface area contributed by atoms with Crippen molar-refractivity contribution < 1.29 is 22.8 Å². The maximum atomic E-state index is 14.4. The molecule has 4 aromatic rings. The van der Waals surface area contributed by atoms with Gasteiger partial charge in [0.1, 0.15) is 11.6 Å².